The van der Waals surface area contributed by atoms with Crippen molar-refractivity contribution in [3.8, 4) is 0 Å². The molecule has 3 aliphatic rings. The van der Waals surface area contributed by atoms with Crippen LogP contribution in [-0.2, 0) is 14.8 Å². The van der Waals surface area contributed by atoms with Gasteiger partial charge in [0.2, 0.25) is 10.0 Å². The predicted octanol–water partition coefficient (Wildman–Crippen LogP) is 1.20. The molecule has 0 unspecified atom stereocenters. The van der Waals surface area contributed by atoms with Gasteiger partial charge < -0.3 is 15.0 Å². The van der Waals surface area contributed by atoms with Crippen LogP contribution in [-0.4, -0.2) is 76.0 Å². The third-order valence-electron chi connectivity index (χ3n) is 6.02. The topological polar surface area (TPSA) is 79.0 Å². The number of halogens is 1. The third kappa shape index (κ3) is 4.36. The van der Waals surface area contributed by atoms with Crippen molar-refractivity contribution in [3.05, 3.63) is 29.8 Å². The average molecular weight is 430 g/mol. The number of likely N-dealkylation sites (tertiary alicyclic amines) is 1. The molecule has 2 atom stereocenters. The van der Waals surface area contributed by atoms with Gasteiger partial charge in [-0.2, -0.15) is 4.31 Å². The number of fused-ring (bicyclic) bond motifs is 1. The van der Waals surface area contributed by atoms with Crippen LogP contribution in [0.4, 0.5) is 0 Å². The molecule has 156 valence electrons. The van der Waals surface area contributed by atoms with E-state index in [2.05, 4.69) is 5.32 Å². The van der Waals surface area contributed by atoms with Crippen molar-refractivity contribution in [2.45, 2.75) is 17.7 Å². The van der Waals surface area contributed by atoms with E-state index in [1.54, 1.807) is 24.3 Å². The summed E-state index contributed by atoms with van der Waals surface area (Å²) in [7, 11) is -3.52. The molecule has 1 aromatic carbocycles. The maximum absolute atomic E-state index is 12.9. The maximum atomic E-state index is 12.9. The third-order valence-corrected chi connectivity index (χ3v) is 7.93. The van der Waals surface area contributed by atoms with Gasteiger partial charge in [-0.3, -0.25) is 4.79 Å². The number of amides is 1. The number of nitrogens with zero attached hydrogens (tertiary/aromatic N) is 2. The van der Waals surface area contributed by atoms with E-state index in [4.69, 9.17) is 4.74 Å². The van der Waals surface area contributed by atoms with Gasteiger partial charge in [-0.1, -0.05) is 0 Å². The van der Waals surface area contributed by atoms with Crippen LogP contribution in [0.5, 0.6) is 0 Å². The van der Waals surface area contributed by atoms with Gasteiger partial charge in [0.15, 0.2) is 0 Å². The Morgan fingerprint density at radius 2 is 1.54 bits per heavy atom. The monoisotopic (exact) mass is 429 g/mol. The Kier molecular flexibility index (Phi) is 6.98. The van der Waals surface area contributed by atoms with Gasteiger partial charge in [0.25, 0.3) is 5.91 Å². The number of morpholine rings is 1. The molecular formula is C19H28ClN3O4S. The van der Waals surface area contributed by atoms with E-state index in [0.717, 1.165) is 39.0 Å². The Bertz CT molecular complexity index is 767. The van der Waals surface area contributed by atoms with E-state index in [1.807, 2.05) is 4.90 Å². The first kappa shape index (κ1) is 21.5. The molecule has 3 heterocycles. The smallest absolute Gasteiger partial charge is 0.253 e. The van der Waals surface area contributed by atoms with Crippen molar-refractivity contribution >= 4 is 28.3 Å². The zero-order chi connectivity index (χ0) is 18.9. The quantitative estimate of drug-likeness (QED) is 0.781. The average Bonchev–Trinajstić information content (AvgIpc) is 3.06. The molecule has 0 bridgehead atoms. The number of rotatable bonds is 3. The molecule has 1 aromatic rings. The van der Waals surface area contributed by atoms with Crippen LogP contribution in [0, 0.1) is 11.8 Å². The summed E-state index contributed by atoms with van der Waals surface area (Å²) >= 11 is 0. The molecule has 0 spiro atoms. The number of benzene rings is 1. The van der Waals surface area contributed by atoms with E-state index in [1.165, 1.54) is 4.31 Å². The summed E-state index contributed by atoms with van der Waals surface area (Å²) in [5, 5.41) is 3.44. The second-order valence-electron chi connectivity index (χ2n) is 7.59. The molecule has 1 N–H and O–H groups in total. The first-order chi connectivity index (χ1) is 13.1. The highest BCUT2D eigenvalue weighted by molar-refractivity contribution is 7.89. The second kappa shape index (κ2) is 9.09. The maximum Gasteiger partial charge on any atom is 0.253 e. The Morgan fingerprint density at radius 3 is 2.11 bits per heavy atom. The highest BCUT2D eigenvalue weighted by atomic mass is 35.5. The normalized spacial score (nSPS) is 26.2. The van der Waals surface area contributed by atoms with E-state index in [-0.39, 0.29) is 23.2 Å². The summed E-state index contributed by atoms with van der Waals surface area (Å²) in [5.74, 6) is 1.34. The highest BCUT2D eigenvalue weighted by Crippen LogP contribution is 2.28. The van der Waals surface area contributed by atoms with Gasteiger partial charge >= 0.3 is 0 Å². The fourth-order valence-electron chi connectivity index (χ4n) is 4.31. The largest absolute Gasteiger partial charge is 0.379 e. The zero-order valence-corrected chi connectivity index (χ0v) is 17.5. The molecular weight excluding hydrogens is 402 g/mol. The van der Waals surface area contributed by atoms with Crippen LogP contribution in [0.15, 0.2) is 29.2 Å². The fourth-order valence-corrected chi connectivity index (χ4v) is 5.72. The van der Waals surface area contributed by atoms with Crippen LogP contribution < -0.4 is 5.32 Å². The van der Waals surface area contributed by atoms with Crippen LogP contribution in [0.1, 0.15) is 23.2 Å². The van der Waals surface area contributed by atoms with Crippen molar-refractivity contribution in [1.29, 1.82) is 0 Å². The number of carbonyl (C=O) groups excluding carboxylic acids is 1. The number of hydrogen-bond acceptors (Lipinski definition) is 5. The van der Waals surface area contributed by atoms with Gasteiger partial charge in [-0.05, 0) is 62.0 Å². The molecule has 7 nitrogen and oxygen atoms in total. The van der Waals surface area contributed by atoms with Crippen LogP contribution in [0.2, 0.25) is 0 Å². The molecule has 4 rings (SSSR count). The first-order valence-electron chi connectivity index (χ1n) is 9.73. The Balaban J connectivity index is 0.00000225. The summed E-state index contributed by atoms with van der Waals surface area (Å²) in [5.41, 5.74) is 0.557. The predicted molar refractivity (Wildman–Crippen MR) is 108 cm³/mol. The summed E-state index contributed by atoms with van der Waals surface area (Å²) < 4.78 is 32.1. The number of sulfonamides is 1. The van der Waals surface area contributed by atoms with E-state index in [0.29, 0.717) is 43.7 Å². The molecule has 9 heteroatoms. The second-order valence-corrected chi connectivity index (χ2v) is 9.53. The molecule has 1 amide bonds. The van der Waals surface area contributed by atoms with Gasteiger partial charge in [0.05, 0.1) is 18.1 Å². The Morgan fingerprint density at radius 1 is 0.964 bits per heavy atom. The van der Waals surface area contributed by atoms with E-state index in [9.17, 15) is 13.2 Å². The summed E-state index contributed by atoms with van der Waals surface area (Å²) in [6.45, 7) is 5.24. The molecule has 3 saturated heterocycles. The molecule has 3 aliphatic heterocycles. The molecule has 28 heavy (non-hydrogen) atoms. The van der Waals surface area contributed by atoms with E-state index < -0.39 is 10.0 Å². The lowest BCUT2D eigenvalue weighted by Crippen LogP contribution is -2.40. The van der Waals surface area contributed by atoms with E-state index >= 15 is 0 Å². The number of carbonyl (C=O) groups is 1. The van der Waals surface area contributed by atoms with Crippen molar-refractivity contribution in [1.82, 2.24) is 14.5 Å². The van der Waals surface area contributed by atoms with Crippen molar-refractivity contribution < 1.29 is 17.9 Å². The summed E-state index contributed by atoms with van der Waals surface area (Å²) in [6, 6.07) is 6.38. The fraction of sp³-hybridized carbons (Fsp3) is 0.632. The lowest BCUT2D eigenvalue weighted by molar-refractivity contribution is 0.0730. The lowest BCUT2D eigenvalue weighted by Gasteiger charge is -2.26. The minimum Gasteiger partial charge on any atom is -0.379 e. The molecule has 0 radical (unpaired) electrons. The molecule has 3 fully saturated rings. The Hall–Kier alpha value is -1.19. The van der Waals surface area contributed by atoms with Gasteiger partial charge in [-0.25, -0.2) is 8.42 Å². The summed E-state index contributed by atoms with van der Waals surface area (Å²) in [4.78, 5) is 15.0. The SMILES string of the molecule is Cl.O=C(c1ccc(S(=O)(=O)N2CCOCC2)cc1)N1CC[C@@H]2CNC[C@@H]2CC1. The zero-order valence-electron chi connectivity index (χ0n) is 15.9. The van der Waals surface area contributed by atoms with Crippen molar-refractivity contribution in [3.63, 3.8) is 0 Å². The molecule has 0 aromatic heterocycles. The summed E-state index contributed by atoms with van der Waals surface area (Å²) in [6.07, 6.45) is 2.07. The van der Waals surface area contributed by atoms with Crippen molar-refractivity contribution in [2.24, 2.45) is 11.8 Å². The van der Waals surface area contributed by atoms with Gasteiger partial charge in [0.1, 0.15) is 0 Å². The standard InChI is InChI=1S/C19H27N3O4S.ClH/c23-19(21-7-5-16-13-20-14-17(16)6-8-21)15-1-3-18(4-2-15)27(24,25)22-9-11-26-12-10-22;/h1-4,16-17,20H,5-14H2;1H/t16-,17+;. The van der Waals surface area contributed by atoms with Crippen molar-refractivity contribution in [2.75, 3.05) is 52.5 Å². The van der Waals surface area contributed by atoms with Gasteiger partial charge in [-0.15, -0.1) is 12.4 Å². The lowest BCUT2D eigenvalue weighted by atomic mass is 9.92. The van der Waals surface area contributed by atoms with Crippen LogP contribution >= 0.6 is 12.4 Å². The minimum atomic E-state index is -3.52. The number of hydrogen-bond donors (Lipinski definition) is 1. The highest BCUT2D eigenvalue weighted by Gasteiger charge is 2.32. The molecule has 0 aliphatic carbocycles. The Labute approximate surface area is 172 Å². The number of nitrogens with one attached hydrogen (secondary N) is 1. The number of ether oxygens (including phenoxy) is 1. The van der Waals surface area contributed by atoms with Crippen LogP contribution in [0.3, 0.4) is 0 Å². The van der Waals surface area contributed by atoms with Crippen LogP contribution in [0.25, 0.3) is 0 Å². The van der Waals surface area contributed by atoms with Gasteiger partial charge in [0, 0.05) is 31.7 Å². The minimum absolute atomic E-state index is 0. The first-order valence-corrected chi connectivity index (χ1v) is 11.2. The molecule has 0 saturated carbocycles.